The number of hydrogen-bond donors (Lipinski definition) is 0. The number of hydrogen-bond acceptors (Lipinski definition) is 5. The SMILES string of the molecule is O=S1(=O)CCCC(CSc2nc3ccc(Cl)cc3o2)C1. The van der Waals surface area contributed by atoms with Crippen molar-refractivity contribution in [2.45, 2.75) is 18.1 Å². The summed E-state index contributed by atoms with van der Waals surface area (Å²) in [7, 11) is -2.85. The topological polar surface area (TPSA) is 60.2 Å². The van der Waals surface area contributed by atoms with Gasteiger partial charge in [0.05, 0.1) is 11.5 Å². The third kappa shape index (κ3) is 3.30. The number of halogens is 1. The highest BCUT2D eigenvalue weighted by molar-refractivity contribution is 7.99. The van der Waals surface area contributed by atoms with Crippen molar-refractivity contribution in [1.29, 1.82) is 0 Å². The number of oxazole rings is 1. The van der Waals surface area contributed by atoms with Gasteiger partial charge in [0.1, 0.15) is 5.52 Å². The summed E-state index contributed by atoms with van der Waals surface area (Å²) in [5.41, 5.74) is 1.43. The highest BCUT2D eigenvalue weighted by Crippen LogP contribution is 2.29. The highest BCUT2D eigenvalue weighted by atomic mass is 35.5. The molecular formula is C13H14ClNO3S2. The molecule has 1 aliphatic rings. The molecule has 1 aliphatic heterocycles. The summed E-state index contributed by atoms with van der Waals surface area (Å²) in [5.74, 6) is 1.53. The minimum Gasteiger partial charge on any atom is -0.431 e. The van der Waals surface area contributed by atoms with Gasteiger partial charge in [-0.3, -0.25) is 0 Å². The van der Waals surface area contributed by atoms with Gasteiger partial charge in [0.15, 0.2) is 15.4 Å². The van der Waals surface area contributed by atoms with Crippen LogP contribution < -0.4 is 0 Å². The molecule has 0 radical (unpaired) electrons. The predicted octanol–water partition coefficient (Wildman–Crippen LogP) is 3.40. The van der Waals surface area contributed by atoms with Crippen molar-refractivity contribution in [3.05, 3.63) is 23.2 Å². The van der Waals surface area contributed by atoms with E-state index in [1.165, 1.54) is 11.8 Å². The predicted molar refractivity (Wildman–Crippen MR) is 81.1 cm³/mol. The molecule has 4 nitrogen and oxygen atoms in total. The first kappa shape index (κ1) is 14.2. The van der Waals surface area contributed by atoms with Gasteiger partial charge in [-0.2, -0.15) is 0 Å². The van der Waals surface area contributed by atoms with Crippen molar-refractivity contribution in [3.63, 3.8) is 0 Å². The lowest BCUT2D eigenvalue weighted by atomic mass is 10.1. The molecule has 1 fully saturated rings. The largest absolute Gasteiger partial charge is 0.431 e. The first-order chi connectivity index (χ1) is 9.52. The van der Waals surface area contributed by atoms with Gasteiger partial charge in [-0.15, -0.1) is 0 Å². The van der Waals surface area contributed by atoms with Gasteiger partial charge in [0.2, 0.25) is 0 Å². The van der Waals surface area contributed by atoms with E-state index in [1.807, 2.05) is 6.07 Å². The maximum absolute atomic E-state index is 11.6. The van der Waals surface area contributed by atoms with Crippen LogP contribution in [0, 0.1) is 5.92 Å². The van der Waals surface area contributed by atoms with Crippen LogP contribution in [-0.4, -0.2) is 30.7 Å². The lowest BCUT2D eigenvalue weighted by Crippen LogP contribution is -2.26. The van der Waals surface area contributed by atoms with Gasteiger partial charge in [0.25, 0.3) is 5.22 Å². The molecule has 7 heteroatoms. The molecule has 0 spiro atoms. The molecular weight excluding hydrogens is 318 g/mol. The zero-order valence-electron chi connectivity index (χ0n) is 10.7. The van der Waals surface area contributed by atoms with E-state index < -0.39 is 9.84 Å². The Hall–Kier alpha value is -0.720. The fraction of sp³-hybridized carbons (Fsp3) is 0.462. The Morgan fingerprint density at radius 2 is 2.30 bits per heavy atom. The summed E-state index contributed by atoms with van der Waals surface area (Å²) in [5, 5.41) is 1.19. The summed E-state index contributed by atoms with van der Waals surface area (Å²) < 4.78 is 28.8. The van der Waals surface area contributed by atoms with Gasteiger partial charge in [-0.25, -0.2) is 13.4 Å². The van der Waals surface area contributed by atoms with Crippen LogP contribution in [0.25, 0.3) is 11.1 Å². The van der Waals surface area contributed by atoms with Crippen molar-refractivity contribution in [1.82, 2.24) is 4.98 Å². The molecule has 0 N–H and O–H groups in total. The molecule has 0 saturated carbocycles. The lowest BCUT2D eigenvalue weighted by Gasteiger charge is -2.20. The summed E-state index contributed by atoms with van der Waals surface area (Å²) in [4.78, 5) is 4.36. The van der Waals surface area contributed by atoms with Crippen LogP contribution in [0.15, 0.2) is 27.8 Å². The Kier molecular flexibility index (Phi) is 3.97. The maximum atomic E-state index is 11.6. The third-order valence-electron chi connectivity index (χ3n) is 3.33. The van der Waals surface area contributed by atoms with Crippen LogP contribution >= 0.6 is 23.4 Å². The molecule has 20 heavy (non-hydrogen) atoms. The number of thioether (sulfide) groups is 1. The Bertz CT molecular complexity index is 726. The molecule has 1 aromatic carbocycles. The second-order valence-electron chi connectivity index (χ2n) is 5.03. The normalized spacial score (nSPS) is 22.1. The Morgan fingerprint density at radius 1 is 1.45 bits per heavy atom. The average molecular weight is 332 g/mol. The molecule has 0 bridgehead atoms. The van der Waals surface area contributed by atoms with E-state index in [9.17, 15) is 8.42 Å². The fourth-order valence-corrected chi connectivity index (χ4v) is 5.44. The zero-order valence-corrected chi connectivity index (χ0v) is 13.1. The van der Waals surface area contributed by atoms with Crippen molar-refractivity contribution < 1.29 is 12.8 Å². The number of rotatable bonds is 3. The van der Waals surface area contributed by atoms with Crippen LogP contribution in [0.4, 0.5) is 0 Å². The van der Waals surface area contributed by atoms with E-state index in [4.69, 9.17) is 16.0 Å². The van der Waals surface area contributed by atoms with Crippen LogP contribution in [0.2, 0.25) is 5.02 Å². The van der Waals surface area contributed by atoms with Gasteiger partial charge >= 0.3 is 0 Å². The standard InChI is InChI=1S/C13H14ClNO3S2/c14-10-3-4-11-12(6-10)18-13(15-11)19-7-9-2-1-5-20(16,17)8-9/h3-4,6,9H,1-2,5,7-8H2. The summed E-state index contributed by atoms with van der Waals surface area (Å²) in [6.45, 7) is 0. The van der Waals surface area contributed by atoms with E-state index in [0.29, 0.717) is 21.6 Å². The van der Waals surface area contributed by atoms with Gasteiger partial charge in [0, 0.05) is 16.8 Å². The molecule has 2 heterocycles. The maximum Gasteiger partial charge on any atom is 0.256 e. The zero-order chi connectivity index (χ0) is 14.2. The van der Waals surface area contributed by atoms with Crippen LogP contribution in [0.5, 0.6) is 0 Å². The van der Waals surface area contributed by atoms with E-state index in [0.717, 1.165) is 24.1 Å². The lowest BCUT2D eigenvalue weighted by molar-refractivity contribution is 0.484. The second kappa shape index (κ2) is 5.58. The summed E-state index contributed by atoms with van der Waals surface area (Å²) in [6.07, 6.45) is 1.72. The third-order valence-corrected chi connectivity index (χ3v) is 6.52. The fourth-order valence-electron chi connectivity index (χ4n) is 2.38. The number of aromatic nitrogens is 1. The van der Waals surface area contributed by atoms with Gasteiger partial charge in [-0.1, -0.05) is 23.4 Å². The molecule has 0 aliphatic carbocycles. The molecule has 1 saturated heterocycles. The van der Waals surface area contributed by atoms with Crippen molar-refractivity contribution >= 4 is 44.3 Å². The quantitative estimate of drug-likeness (QED) is 0.807. The van der Waals surface area contributed by atoms with Crippen molar-refractivity contribution in [2.75, 3.05) is 17.3 Å². The Morgan fingerprint density at radius 3 is 3.10 bits per heavy atom. The minimum absolute atomic E-state index is 0.192. The monoisotopic (exact) mass is 331 g/mol. The van der Waals surface area contributed by atoms with E-state index in [2.05, 4.69) is 4.98 Å². The molecule has 3 rings (SSSR count). The van der Waals surface area contributed by atoms with Gasteiger partial charge in [-0.05, 0) is 30.9 Å². The van der Waals surface area contributed by atoms with E-state index >= 15 is 0 Å². The van der Waals surface area contributed by atoms with E-state index in [-0.39, 0.29) is 11.7 Å². The molecule has 108 valence electrons. The molecule has 0 amide bonds. The number of nitrogens with zero attached hydrogens (tertiary/aromatic N) is 1. The number of fused-ring (bicyclic) bond motifs is 1. The summed E-state index contributed by atoms with van der Waals surface area (Å²) >= 11 is 7.37. The highest BCUT2D eigenvalue weighted by Gasteiger charge is 2.25. The smallest absolute Gasteiger partial charge is 0.256 e. The molecule has 2 aromatic rings. The summed E-state index contributed by atoms with van der Waals surface area (Å²) in [6, 6.07) is 5.32. The number of benzene rings is 1. The number of sulfone groups is 1. The first-order valence-electron chi connectivity index (χ1n) is 6.41. The molecule has 1 aromatic heterocycles. The van der Waals surface area contributed by atoms with Crippen LogP contribution in [0.3, 0.4) is 0 Å². The van der Waals surface area contributed by atoms with E-state index in [1.54, 1.807) is 12.1 Å². The first-order valence-corrected chi connectivity index (χ1v) is 9.60. The van der Waals surface area contributed by atoms with Crippen LogP contribution in [0.1, 0.15) is 12.8 Å². The van der Waals surface area contributed by atoms with Crippen molar-refractivity contribution in [3.8, 4) is 0 Å². The molecule has 1 unspecified atom stereocenters. The second-order valence-corrected chi connectivity index (χ2v) is 8.66. The Balaban J connectivity index is 1.67. The van der Waals surface area contributed by atoms with Gasteiger partial charge < -0.3 is 4.42 Å². The van der Waals surface area contributed by atoms with Crippen molar-refractivity contribution in [2.24, 2.45) is 5.92 Å². The average Bonchev–Trinajstić information content (AvgIpc) is 2.77. The van der Waals surface area contributed by atoms with Crippen LogP contribution in [-0.2, 0) is 9.84 Å². The molecule has 1 atom stereocenters. The Labute approximate surface area is 126 Å². The minimum atomic E-state index is -2.85.